The van der Waals surface area contributed by atoms with Crippen LogP contribution in [0.3, 0.4) is 0 Å². The molecule has 0 saturated heterocycles. The highest BCUT2D eigenvalue weighted by Gasteiger charge is 2.16. The Morgan fingerprint density at radius 2 is 2.33 bits per heavy atom. The molecule has 21 heavy (non-hydrogen) atoms. The molecule has 2 N–H and O–H groups in total. The monoisotopic (exact) mass is 330 g/mol. The zero-order valence-corrected chi connectivity index (χ0v) is 13.6. The van der Waals surface area contributed by atoms with Gasteiger partial charge in [0, 0.05) is 32.5 Å². The number of nitrogens with zero attached hydrogens (tertiary/aromatic N) is 3. The van der Waals surface area contributed by atoms with E-state index in [1.807, 2.05) is 24.4 Å². The van der Waals surface area contributed by atoms with Crippen LogP contribution in [0.25, 0.3) is 10.7 Å². The number of nitrogens with two attached hydrogens (primary N) is 1. The van der Waals surface area contributed by atoms with Crippen molar-refractivity contribution in [3.05, 3.63) is 23.4 Å². The van der Waals surface area contributed by atoms with Crippen LogP contribution in [0, 0.1) is 0 Å². The number of carbonyl (C=O) groups is 1. The molecular weight excluding hydrogens is 312 g/mol. The summed E-state index contributed by atoms with van der Waals surface area (Å²) in [4.78, 5) is 18.8. The number of aromatic nitrogens is 2. The quantitative estimate of drug-likeness (QED) is 0.875. The van der Waals surface area contributed by atoms with Gasteiger partial charge in [-0.2, -0.15) is 4.98 Å². The molecular formula is C13H19ClN4O2S. The fraction of sp³-hybridized carbons (Fsp3) is 0.462. The molecule has 0 aromatic carbocycles. The van der Waals surface area contributed by atoms with E-state index in [-0.39, 0.29) is 24.4 Å². The normalized spacial score (nSPS) is 11.8. The molecule has 2 heterocycles. The van der Waals surface area contributed by atoms with Crippen LogP contribution in [0.2, 0.25) is 0 Å². The van der Waals surface area contributed by atoms with E-state index in [1.54, 1.807) is 23.3 Å². The van der Waals surface area contributed by atoms with Crippen LogP contribution in [0.15, 0.2) is 22.0 Å². The molecule has 2 rings (SSSR count). The van der Waals surface area contributed by atoms with Gasteiger partial charge < -0.3 is 15.2 Å². The van der Waals surface area contributed by atoms with Gasteiger partial charge in [0.15, 0.2) is 0 Å². The van der Waals surface area contributed by atoms with Gasteiger partial charge in [-0.25, -0.2) is 0 Å². The summed E-state index contributed by atoms with van der Waals surface area (Å²) in [5.74, 6) is 1.08. The molecule has 0 aliphatic rings. The summed E-state index contributed by atoms with van der Waals surface area (Å²) in [6.07, 6.45) is 0.783. The van der Waals surface area contributed by atoms with Crippen molar-refractivity contribution in [2.75, 3.05) is 13.6 Å². The Morgan fingerprint density at radius 3 is 2.95 bits per heavy atom. The van der Waals surface area contributed by atoms with E-state index in [4.69, 9.17) is 10.3 Å². The lowest BCUT2D eigenvalue weighted by atomic mass is 10.2. The zero-order valence-electron chi connectivity index (χ0n) is 12.0. The molecule has 2 aromatic rings. The van der Waals surface area contributed by atoms with Crippen molar-refractivity contribution < 1.29 is 9.32 Å². The van der Waals surface area contributed by atoms with Gasteiger partial charge in [0.05, 0.1) is 4.88 Å². The minimum atomic E-state index is 0. The Balaban J connectivity index is 0.00000220. The van der Waals surface area contributed by atoms with Crippen LogP contribution >= 0.6 is 23.7 Å². The molecule has 1 atom stereocenters. The lowest BCUT2D eigenvalue weighted by molar-refractivity contribution is -0.131. The van der Waals surface area contributed by atoms with Crippen molar-refractivity contribution in [3.63, 3.8) is 0 Å². The fourth-order valence-electron chi connectivity index (χ4n) is 1.66. The number of aryl methyl sites for hydroxylation is 1. The first-order valence-corrected chi connectivity index (χ1v) is 7.32. The van der Waals surface area contributed by atoms with Crippen LogP contribution in [-0.4, -0.2) is 40.6 Å². The molecule has 1 amide bonds. The molecule has 0 aliphatic heterocycles. The first-order chi connectivity index (χ1) is 9.61. The van der Waals surface area contributed by atoms with Gasteiger partial charge >= 0.3 is 0 Å². The van der Waals surface area contributed by atoms with Crippen molar-refractivity contribution >= 4 is 29.7 Å². The molecule has 0 radical (unpaired) electrons. The Kier molecular flexibility index (Phi) is 6.80. The summed E-state index contributed by atoms with van der Waals surface area (Å²) in [6, 6.07) is 3.90. The molecule has 0 aliphatic carbocycles. The first kappa shape index (κ1) is 17.6. The molecule has 1 unspecified atom stereocenters. The van der Waals surface area contributed by atoms with Crippen molar-refractivity contribution in [2.24, 2.45) is 5.73 Å². The van der Waals surface area contributed by atoms with Gasteiger partial charge in [0.25, 0.3) is 0 Å². The van der Waals surface area contributed by atoms with E-state index in [9.17, 15) is 4.79 Å². The number of rotatable bonds is 6. The number of thiophene rings is 1. The topological polar surface area (TPSA) is 85.2 Å². The summed E-state index contributed by atoms with van der Waals surface area (Å²) >= 11 is 1.55. The number of halogens is 1. The summed E-state index contributed by atoms with van der Waals surface area (Å²) in [5, 5.41) is 5.87. The van der Waals surface area contributed by atoms with E-state index < -0.39 is 0 Å². The van der Waals surface area contributed by atoms with Crippen molar-refractivity contribution in [2.45, 2.75) is 25.8 Å². The minimum absolute atomic E-state index is 0. The number of likely N-dealkylation sites (N-methyl/N-ethyl adjacent to an activating group) is 1. The zero-order chi connectivity index (χ0) is 14.5. The van der Waals surface area contributed by atoms with Crippen LogP contribution in [-0.2, 0) is 11.2 Å². The second kappa shape index (κ2) is 8.11. The van der Waals surface area contributed by atoms with Crippen molar-refractivity contribution in [1.29, 1.82) is 0 Å². The second-order valence-electron chi connectivity index (χ2n) is 4.58. The van der Waals surface area contributed by atoms with Gasteiger partial charge in [0.2, 0.25) is 17.6 Å². The molecule has 116 valence electrons. The van der Waals surface area contributed by atoms with Crippen molar-refractivity contribution in [3.8, 4) is 10.7 Å². The van der Waals surface area contributed by atoms with E-state index in [0.29, 0.717) is 31.1 Å². The predicted octanol–water partition coefficient (Wildman–Crippen LogP) is 1.96. The van der Waals surface area contributed by atoms with Crippen molar-refractivity contribution in [1.82, 2.24) is 15.0 Å². The molecule has 0 fully saturated rings. The lowest BCUT2D eigenvalue weighted by Gasteiger charge is -2.23. The van der Waals surface area contributed by atoms with Crippen LogP contribution in [0.4, 0.5) is 0 Å². The number of hydrogen-bond donors (Lipinski definition) is 1. The summed E-state index contributed by atoms with van der Waals surface area (Å²) < 4.78 is 5.16. The number of carbonyl (C=O) groups excluding carboxylic acids is 1. The average Bonchev–Trinajstić information content (AvgIpc) is 3.13. The molecule has 0 saturated carbocycles. The molecule has 8 heteroatoms. The predicted molar refractivity (Wildman–Crippen MR) is 84.5 cm³/mol. The molecule has 6 nitrogen and oxygen atoms in total. The lowest BCUT2D eigenvalue weighted by Crippen LogP contribution is -2.39. The maximum absolute atomic E-state index is 11.9. The molecule has 0 bridgehead atoms. The Hall–Kier alpha value is -1.44. The number of amides is 1. The van der Waals surface area contributed by atoms with Gasteiger partial charge in [-0.15, -0.1) is 23.7 Å². The smallest absolute Gasteiger partial charge is 0.227 e. The van der Waals surface area contributed by atoms with Gasteiger partial charge in [-0.05, 0) is 18.4 Å². The highest BCUT2D eigenvalue weighted by molar-refractivity contribution is 7.13. The third kappa shape index (κ3) is 4.52. The minimum Gasteiger partial charge on any atom is -0.342 e. The third-order valence-corrected chi connectivity index (χ3v) is 4.02. The molecule has 0 spiro atoms. The Bertz CT molecular complexity index is 558. The standard InChI is InChI=1S/C13H18N4O2S.ClH/c1-9(8-14)17(2)12(18)6-5-11-15-13(16-19-11)10-4-3-7-20-10;/h3-4,7,9H,5-6,8,14H2,1-2H3;1H. The van der Waals surface area contributed by atoms with Crippen LogP contribution in [0.5, 0.6) is 0 Å². The largest absolute Gasteiger partial charge is 0.342 e. The summed E-state index contributed by atoms with van der Waals surface area (Å²) in [7, 11) is 1.75. The maximum Gasteiger partial charge on any atom is 0.227 e. The summed E-state index contributed by atoms with van der Waals surface area (Å²) in [5.41, 5.74) is 5.54. The third-order valence-electron chi connectivity index (χ3n) is 3.16. The first-order valence-electron chi connectivity index (χ1n) is 6.44. The van der Waals surface area contributed by atoms with E-state index in [0.717, 1.165) is 4.88 Å². The van der Waals surface area contributed by atoms with E-state index in [2.05, 4.69) is 10.1 Å². The Morgan fingerprint density at radius 1 is 1.57 bits per heavy atom. The van der Waals surface area contributed by atoms with E-state index >= 15 is 0 Å². The number of hydrogen-bond acceptors (Lipinski definition) is 6. The highest BCUT2D eigenvalue weighted by atomic mass is 35.5. The van der Waals surface area contributed by atoms with Gasteiger partial charge in [-0.1, -0.05) is 11.2 Å². The maximum atomic E-state index is 11.9. The Labute approximate surface area is 133 Å². The van der Waals surface area contributed by atoms with E-state index in [1.165, 1.54) is 0 Å². The highest BCUT2D eigenvalue weighted by Crippen LogP contribution is 2.21. The average molecular weight is 331 g/mol. The van der Waals surface area contributed by atoms with Gasteiger partial charge in [0.1, 0.15) is 0 Å². The summed E-state index contributed by atoms with van der Waals surface area (Å²) in [6.45, 7) is 2.37. The SMILES string of the molecule is CC(CN)N(C)C(=O)CCc1nc(-c2cccs2)no1.Cl. The van der Waals surface area contributed by atoms with Gasteiger partial charge in [-0.3, -0.25) is 4.79 Å². The van der Waals surface area contributed by atoms with Crippen LogP contribution in [0.1, 0.15) is 19.2 Å². The fourth-order valence-corrected chi connectivity index (χ4v) is 2.31. The second-order valence-corrected chi connectivity index (χ2v) is 5.53. The molecule has 2 aromatic heterocycles. The van der Waals surface area contributed by atoms with Crippen LogP contribution < -0.4 is 5.73 Å².